The summed E-state index contributed by atoms with van der Waals surface area (Å²) in [5, 5.41) is 18.0. The lowest BCUT2D eigenvalue weighted by Gasteiger charge is -2.49. The molecule has 7 nitrogen and oxygen atoms in total. The molecular formula is C20H36NO6P. The van der Waals surface area contributed by atoms with Crippen molar-refractivity contribution in [3.63, 3.8) is 0 Å². The molecule has 162 valence electrons. The number of phosphoric acid groups is 1. The smallest absolute Gasteiger partial charge is 0.394 e. The minimum Gasteiger partial charge on any atom is -0.394 e. The highest BCUT2D eigenvalue weighted by atomic mass is 31.2. The van der Waals surface area contributed by atoms with Crippen LogP contribution in [0.4, 0.5) is 0 Å². The van der Waals surface area contributed by atoms with Gasteiger partial charge in [-0.15, -0.1) is 0 Å². The molecule has 2 saturated carbocycles. The van der Waals surface area contributed by atoms with E-state index in [1.807, 2.05) is 0 Å². The van der Waals surface area contributed by atoms with Gasteiger partial charge >= 0.3 is 7.82 Å². The molecular weight excluding hydrogens is 381 g/mol. The van der Waals surface area contributed by atoms with E-state index in [2.05, 4.69) is 32.3 Å². The van der Waals surface area contributed by atoms with Crippen LogP contribution in [0.2, 0.25) is 0 Å². The first kappa shape index (κ1) is 22.4. The molecule has 0 aromatic heterocycles. The highest BCUT2D eigenvalue weighted by molar-refractivity contribution is 7.47. The summed E-state index contributed by atoms with van der Waals surface area (Å²) in [5.41, 5.74) is 1.62. The third-order valence-electron chi connectivity index (χ3n) is 7.49. The summed E-state index contributed by atoms with van der Waals surface area (Å²) >= 11 is 0. The van der Waals surface area contributed by atoms with Gasteiger partial charge in [-0.2, -0.15) is 0 Å². The Labute approximate surface area is 168 Å². The zero-order valence-corrected chi connectivity index (χ0v) is 18.2. The van der Waals surface area contributed by atoms with E-state index in [-0.39, 0.29) is 12.0 Å². The van der Waals surface area contributed by atoms with Crippen molar-refractivity contribution in [1.29, 1.82) is 0 Å². The standard InChI is InChI=1S/C20H36NO6P/c1-13(2)16-5-6-20(4)14(3)17-9-21(10-18(20)19(16)17)7-8-26-28(24,25)27-12-15(23)11-22/h13,15-19,22-23H,3,5-12H2,1-2,4H3,(H,24,25)/t15?,16-,17?,18+,19-,20+/m1/s1. The molecule has 0 aromatic carbocycles. The Balaban J connectivity index is 1.55. The van der Waals surface area contributed by atoms with E-state index in [9.17, 15) is 14.6 Å². The SMILES string of the molecule is C=C1C2CN(CCOP(=O)(O)OCC(O)CO)C[C@H]3[C@@H]2[C@@H](C(C)C)CC[C@@]13C. The van der Waals surface area contributed by atoms with Crippen molar-refractivity contribution in [2.75, 3.05) is 39.5 Å². The second-order valence-corrected chi connectivity index (χ2v) is 10.8. The Morgan fingerprint density at radius 2 is 2.07 bits per heavy atom. The van der Waals surface area contributed by atoms with Crippen LogP contribution in [-0.4, -0.2) is 65.6 Å². The molecule has 4 bridgehead atoms. The van der Waals surface area contributed by atoms with Crippen molar-refractivity contribution < 1.29 is 28.7 Å². The lowest BCUT2D eigenvalue weighted by molar-refractivity contribution is -0.0125. The number of rotatable bonds is 9. The maximum atomic E-state index is 11.9. The van der Waals surface area contributed by atoms with E-state index >= 15 is 0 Å². The maximum Gasteiger partial charge on any atom is 0.472 e. The van der Waals surface area contributed by atoms with Crippen molar-refractivity contribution in [3.8, 4) is 0 Å². The molecule has 7 atom stereocenters. The minimum atomic E-state index is -4.22. The molecule has 2 aliphatic carbocycles. The van der Waals surface area contributed by atoms with Crippen LogP contribution in [0.3, 0.4) is 0 Å². The summed E-state index contributed by atoms with van der Waals surface area (Å²) in [7, 11) is -4.22. The van der Waals surface area contributed by atoms with Gasteiger partial charge in [0.15, 0.2) is 0 Å². The van der Waals surface area contributed by atoms with Gasteiger partial charge < -0.3 is 20.0 Å². The largest absolute Gasteiger partial charge is 0.472 e. The Hall–Kier alpha value is -0.270. The Morgan fingerprint density at radius 1 is 1.36 bits per heavy atom. The summed E-state index contributed by atoms with van der Waals surface area (Å²) in [6.45, 7) is 13.1. The molecule has 8 heteroatoms. The van der Waals surface area contributed by atoms with Crippen LogP contribution in [0, 0.1) is 35.0 Å². The third-order valence-corrected chi connectivity index (χ3v) is 8.47. The molecule has 3 rings (SSSR count). The minimum absolute atomic E-state index is 0.0872. The average Bonchev–Trinajstić information content (AvgIpc) is 2.74. The molecule has 28 heavy (non-hydrogen) atoms. The van der Waals surface area contributed by atoms with Gasteiger partial charge in [0.05, 0.1) is 19.8 Å². The van der Waals surface area contributed by atoms with E-state index in [4.69, 9.17) is 14.2 Å². The van der Waals surface area contributed by atoms with Crippen LogP contribution < -0.4 is 0 Å². The topological polar surface area (TPSA) is 99.5 Å². The van der Waals surface area contributed by atoms with Gasteiger partial charge in [0.1, 0.15) is 6.10 Å². The van der Waals surface area contributed by atoms with Gasteiger partial charge in [0, 0.05) is 19.6 Å². The lowest BCUT2D eigenvalue weighted by atomic mass is 9.60. The van der Waals surface area contributed by atoms with Crippen molar-refractivity contribution >= 4 is 7.82 Å². The van der Waals surface area contributed by atoms with Crippen LogP contribution in [0.25, 0.3) is 0 Å². The zero-order chi connectivity index (χ0) is 20.7. The molecule has 3 unspecified atom stereocenters. The number of nitrogens with zero attached hydrogens (tertiary/aromatic N) is 1. The Kier molecular flexibility index (Phi) is 6.77. The molecule has 3 N–H and O–H groups in total. The lowest BCUT2D eigenvalue weighted by Crippen LogP contribution is -2.50. The summed E-state index contributed by atoms with van der Waals surface area (Å²) < 4.78 is 21.6. The van der Waals surface area contributed by atoms with Gasteiger partial charge in [-0.3, -0.25) is 9.05 Å². The average molecular weight is 417 g/mol. The predicted molar refractivity (Wildman–Crippen MR) is 107 cm³/mol. The molecule has 1 heterocycles. The van der Waals surface area contributed by atoms with Gasteiger partial charge in [-0.05, 0) is 47.8 Å². The van der Waals surface area contributed by atoms with Crippen LogP contribution in [0.15, 0.2) is 12.2 Å². The molecule has 0 radical (unpaired) electrons. The van der Waals surface area contributed by atoms with E-state index < -0.39 is 27.1 Å². The maximum absolute atomic E-state index is 11.9. The normalized spacial score (nSPS) is 38.6. The van der Waals surface area contributed by atoms with Crippen molar-refractivity contribution in [2.45, 2.75) is 39.7 Å². The number of aliphatic hydroxyl groups excluding tert-OH is 2. The van der Waals surface area contributed by atoms with Crippen molar-refractivity contribution in [2.24, 2.45) is 35.0 Å². The molecule has 1 aliphatic heterocycles. The third kappa shape index (κ3) is 4.27. The van der Waals surface area contributed by atoms with E-state index in [0.717, 1.165) is 19.0 Å². The Bertz CT molecular complexity index is 628. The Morgan fingerprint density at radius 3 is 2.71 bits per heavy atom. The molecule has 1 saturated heterocycles. The number of aliphatic hydroxyl groups is 2. The summed E-state index contributed by atoms with van der Waals surface area (Å²) in [4.78, 5) is 12.0. The number of piperidine rings is 1. The fraction of sp³-hybridized carbons (Fsp3) is 0.900. The highest BCUT2D eigenvalue weighted by Crippen LogP contribution is 2.65. The molecule has 0 aromatic rings. The second-order valence-electron chi connectivity index (χ2n) is 9.37. The van der Waals surface area contributed by atoms with Gasteiger partial charge in [-0.25, -0.2) is 4.57 Å². The van der Waals surface area contributed by atoms with E-state index in [0.29, 0.717) is 30.2 Å². The number of likely N-dealkylation sites (tertiary alicyclic amines) is 1. The van der Waals surface area contributed by atoms with Crippen LogP contribution >= 0.6 is 7.82 Å². The molecule has 0 spiro atoms. The summed E-state index contributed by atoms with van der Waals surface area (Å²) in [5.74, 6) is 3.24. The van der Waals surface area contributed by atoms with Crippen molar-refractivity contribution in [3.05, 3.63) is 12.2 Å². The first-order chi connectivity index (χ1) is 13.1. The molecule has 3 fully saturated rings. The number of phosphoric ester groups is 1. The predicted octanol–water partition coefficient (Wildman–Crippen LogP) is 2.28. The first-order valence-electron chi connectivity index (χ1n) is 10.4. The molecule has 3 aliphatic rings. The zero-order valence-electron chi connectivity index (χ0n) is 17.3. The van der Waals surface area contributed by atoms with Crippen LogP contribution in [0.5, 0.6) is 0 Å². The van der Waals surface area contributed by atoms with Gasteiger partial charge in [-0.1, -0.05) is 32.9 Å². The van der Waals surface area contributed by atoms with Crippen LogP contribution in [0.1, 0.15) is 33.6 Å². The summed E-state index contributed by atoms with van der Waals surface area (Å²) in [6.07, 6.45) is 1.31. The second kappa shape index (κ2) is 8.46. The monoisotopic (exact) mass is 417 g/mol. The number of hydrogen-bond acceptors (Lipinski definition) is 6. The first-order valence-corrected chi connectivity index (χ1v) is 11.9. The molecule has 0 amide bonds. The van der Waals surface area contributed by atoms with Crippen molar-refractivity contribution in [1.82, 2.24) is 4.90 Å². The quantitative estimate of drug-likeness (QED) is 0.391. The van der Waals surface area contributed by atoms with Gasteiger partial charge in [0.25, 0.3) is 0 Å². The highest BCUT2D eigenvalue weighted by Gasteiger charge is 2.60. The van der Waals surface area contributed by atoms with E-state index in [1.54, 1.807) is 0 Å². The van der Waals surface area contributed by atoms with E-state index in [1.165, 1.54) is 18.4 Å². The van der Waals surface area contributed by atoms with Crippen LogP contribution in [-0.2, 0) is 13.6 Å². The van der Waals surface area contributed by atoms with Gasteiger partial charge in [0.2, 0.25) is 0 Å². The number of hydrogen-bond donors (Lipinski definition) is 3. The summed E-state index contributed by atoms with van der Waals surface area (Å²) in [6, 6.07) is 0. The fourth-order valence-electron chi connectivity index (χ4n) is 5.90. The fourth-order valence-corrected chi connectivity index (χ4v) is 6.65.